The summed E-state index contributed by atoms with van der Waals surface area (Å²) in [6, 6.07) is 11.5. The van der Waals surface area contributed by atoms with Crippen molar-refractivity contribution >= 4 is 17.7 Å². The highest BCUT2D eigenvalue weighted by atomic mass is 19.1. The number of rotatable bonds is 4. The summed E-state index contributed by atoms with van der Waals surface area (Å²) in [5, 5.41) is 2.67. The first kappa shape index (κ1) is 16.0. The molecule has 0 aromatic heterocycles. The first-order chi connectivity index (χ1) is 11.5. The van der Waals surface area contributed by atoms with Crippen molar-refractivity contribution in [2.45, 2.75) is 13.5 Å². The largest absolute Gasteiger partial charge is 0.448 e. The summed E-state index contributed by atoms with van der Waals surface area (Å²) >= 11 is 0. The maximum absolute atomic E-state index is 13.7. The Kier molecular flexibility index (Phi) is 4.46. The molecule has 1 aliphatic rings. The van der Waals surface area contributed by atoms with Crippen LogP contribution in [-0.4, -0.2) is 30.1 Å². The predicted molar refractivity (Wildman–Crippen MR) is 87.3 cm³/mol. The highest BCUT2D eigenvalue weighted by Crippen LogP contribution is 2.16. The number of nitrogens with zero attached hydrogens (tertiary/aromatic N) is 1. The molecular weight excluding hydrogens is 311 g/mol. The van der Waals surface area contributed by atoms with Crippen molar-refractivity contribution in [2.75, 3.05) is 18.5 Å². The van der Waals surface area contributed by atoms with Gasteiger partial charge < -0.3 is 15.0 Å². The average molecular weight is 328 g/mol. The molecule has 6 heteroatoms. The van der Waals surface area contributed by atoms with E-state index >= 15 is 0 Å². The zero-order chi connectivity index (χ0) is 17.1. The summed E-state index contributed by atoms with van der Waals surface area (Å²) in [5.74, 6) is -1.05. The Balaban J connectivity index is 1.66. The Labute approximate surface area is 139 Å². The van der Waals surface area contributed by atoms with E-state index in [0.717, 1.165) is 11.1 Å². The van der Waals surface area contributed by atoms with Gasteiger partial charge in [0, 0.05) is 12.2 Å². The standard InChI is InChI=1S/C18H17FN2O3/c1-12-2-7-16(19)15(10-12)17(22)20-14-5-3-13(4-6-14)11-21-8-9-24-18(21)23/h2-7,10H,8-9,11H2,1H3,(H,20,22). The van der Waals surface area contributed by atoms with Crippen LogP contribution in [0, 0.1) is 12.7 Å². The van der Waals surface area contributed by atoms with Crippen LogP contribution < -0.4 is 5.32 Å². The van der Waals surface area contributed by atoms with E-state index < -0.39 is 11.7 Å². The molecule has 5 nitrogen and oxygen atoms in total. The van der Waals surface area contributed by atoms with Gasteiger partial charge in [0.15, 0.2) is 0 Å². The van der Waals surface area contributed by atoms with Crippen LogP contribution in [0.1, 0.15) is 21.5 Å². The fraction of sp³-hybridized carbons (Fsp3) is 0.222. The zero-order valence-corrected chi connectivity index (χ0v) is 13.2. The Hall–Kier alpha value is -2.89. The molecule has 24 heavy (non-hydrogen) atoms. The van der Waals surface area contributed by atoms with Gasteiger partial charge in [0.25, 0.3) is 5.91 Å². The molecule has 1 heterocycles. The van der Waals surface area contributed by atoms with E-state index in [1.54, 1.807) is 30.0 Å². The van der Waals surface area contributed by atoms with Crippen LogP contribution in [0.3, 0.4) is 0 Å². The van der Waals surface area contributed by atoms with E-state index in [1.807, 2.05) is 12.1 Å². The molecule has 2 aromatic rings. The van der Waals surface area contributed by atoms with Gasteiger partial charge in [0.1, 0.15) is 12.4 Å². The molecule has 0 bridgehead atoms. The smallest absolute Gasteiger partial charge is 0.410 e. The summed E-state index contributed by atoms with van der Waals surface area (Å²) in [7, 11) is 0. The van der Waals surface area contributed by atoms with Crippen LogP contribution in [0.25, 0.3) is 0 Å². The highest BCUT2D eigenvalue weighted by Gasteiger charge is 2.21. The van der Waals surface area contributed by atoms with E-state index in [4.69, 9.17) is 4.74 Å². The van der Waals surface area contributed by atoms with Crippen LogP contribution in [0.2, 0.25) is 0 Å². The van der Waals surface area contributed by atoms with Crippen molar-refractivity contribution in [3.8, 4) is 0 Å². The van der Waals surface area contributed by atoms with Crippen molar-refractivity contribution in [1.82, 2.24) is 4.90 Å². The Morgan fingerprint density at radius 1 is 1.25 bits per heavy atom. The third kappa shape index (κ3) is 3.53. The van der Waals surface area contributed by atoms with Gasteiger partial charge in [0.05, 0.1) is 12.1 Å². The Morgan fingerprint density at radius 2 is 2.00 bits per heavy atom. The molecule has 0 radical (unpaired) electrons. The van der Waals surface area contributed by atoms with Crippen LogP contribution in [-0.2, 0) is 11.3 Å². The molecule has 0 unspecified atom stereocenters. The average Bonchev–Trinajstić information content (AvgIpc) is 2.96. The van der Waals surface area contributed by atoms with Crippen LogP contribution in [0.4, 0.5) is 14.9 Å². The first-order valence-electron chi connectivity index (χ1n) is 7.61. The second-order valence-electron chi connectivity index (χ2n) is 5.67. The van der Waals surface area contributed by atoms with Crippen molar-refractivity contribution in [3.63, 3.8) is 0 Å². The number of halogens is 1. The summed E-state index contributed by atoms with van der Waals surface area (Å²) in [6.45, 7) is 3.24. The van der Waals surface area contributed by atoms with Crippen LogP contribution in [0.5, 0.6) is 0 Å². The van der Waals surface area contributed by atoms with Crippen molar-refractivity contribution in [3.05, 3.63) is 65.0 Å². The number of carbonyl (C=O) groups is 2. The van der Waals surface area contributed by atoms with Gasteiger partial charge in [-0.15, -0.1) is 0 Å². The van der Waals surface area contributed by atoms with E-state index in [0.29, 0.717) is 25.4 Å². The number of cyclic esters (lactones) is 1. The topological polar surface area (TPSA) is 58.6 Å². The van der Waals surface area contributed by atoms with Crippen molar-refractivity contribution in [1.29, 1.82) is 0 Å². The maximum atomic E-state index is 13.7. The minimum atomic E-state index is -0.553. The molecule has 2 aromatic carbocycles. The molecule has 1 aliphatic heterocycles. The van der Waals surface area contributed by atoms with Gasteiger partial charge in [-0.1, -0.05) is 23.8 Å². The van der Waals surface area contributed by atoms with E-state index in [9.17, 15) is 14.0 Å². The monoisotopic (exact) mass is 328 g/mol. The third-order valence-corrected chi connectivity index (χ3v) is 3.80. The highest BCUT2D eigenvalue weighted by molar-refractivity contribution is 6.04. The molecule has 0 atom stereocenters. The lowest BCUT2D eigenvalue weighted by Gasteiger charge is -2.13. The summed E-state index contributed by atoms with van der Waals surface area (Å²) in [6.07, 6.45) is -0.317. The molecule has 2 amide bonds. The van der Waals surface area contributed by atoms with Gasteiger partial charge in [-0.05, 0) is 36.8 Å². The fourth-order valence-corrected chi connectivity index (χ4v) is 2.49. The maximum Gasteiger partial charge on any atom is 0.410 e. The number of ether oxygens (including phenoxy) is 1. The lowest BCUT2D eigenvalue weighted by Crippen LogP contribution is -2.23. The molecular formula is C18H17FN2O3. The number of nitrogens with one attached hydrogen (secondary N) is 1. The molecule has 0 spiro atoms. The number of carbonyl (C=O) groups excluding carboxylic acids is 2. The number of aryl methyl sites for hydroxylation is 1. The van der Waals surface area contributed by atoms with Gasteiger partial charge in [-0.25, -0.2) is 9.18 Å². The molecule has 0 aliphatic carbocycles. The lowest BCUT2D eigenvalue weighted by atomic mass is 10.1. The van der Waals surface area contributed by atoms with E-state index in [-0.39, 0.29) is 11.7 Å². The van der Waals surface area contributed by atoms with Crippen LogP contribution in [0.15, 0.2) is 42.5 Å². The van der Waals surface area contributed by atoms with Crippen molar-refractivity contribution in [2.24, 2.45) is 0 Å². The number of benzene rings is 2. The van der Waals surface area contributed by atoms with Gasteiger partial charge in [-0.2, -0.15) is 0 Å². The summed E-state index contributed by atoms with van der Waals surface area (Å²) in [5.41, 5.74) is 2.32. The second-order valence-corrected chi connectivity index (χ2v) is 5.67. The SMILES string of the molecule is Cc1ccc(F)c(C(=O)Nc2ccc(CN3CCOC3=O)cc2)c1. The predicted octanol–water partition coefficient (Wildman–Crippen LogP) is 3.34. The Bertz CT molecular complexity index is 774. The normalized spacial score (nSPS) is 13.8. The number of hydrogen-bond acceptors (Lipinski definition) is 3. The second kappa shape index (κ2) is 6.70. The molecule has 124 valence electrons. The summed E-state index contributed by atoms with van der Waals surface area (Å²) < 4.78 is 18.6. The molecule has 1 saturated heterocycles. The van der Waals surface area contributed by atoms with E-state index in [2.05, 4.69) is 5.32 Å². The number of amides is 2. The quantitative estimate of drug-likeness (QED) is 0.936. The summed E-state index contributed by atoms with van der Waals surface area (Å²) in [4.78, 5) is 25.2. The van der Waals surface area contributed by atoms with Gasteiger partial charge >= 0.3 is 6.09 Å². The van der Waals surface area contributed by atoms with E-state index in [1.165, 1.54) is 12.1 Å². The molecule has 1 fully saturated rings. The van der Waals surface area contributed by atoms with Crippen molar-refractivity contribution < 1.29 is 18.7 Å². The first-order valence-corrected chi connectivity index (χ1v) is 7.61. The third-order valence-electron chi connectivity index (χ3n) is 3.80. The van der Waals surface area contributed by atoms with Crippen LogP contribution >= 0.6 is 0 Å². The molecule has 1 N–H and O–H groups in total. The molecule has 0 saturated carbocycles. The minimum absolute atomic E-state index is 0.0129. The fourth-order valence-electron chi connectivity index (χ4n) is 2.49. The number of hydrogen-bond donors (Lipinski definition) is 1. The zero-order valence-electron chi connectivity index (χ0n) is 13.2. The number of anilines is 1. The minimum Gasteiger partial charge on any atom is -0.448 e. The van der Waals surface area contributed by atoms with Gasteiger partial charge in [-0.3, -0.25) is 4.79 Å². The Morgan fingerprint density at radius 3 is 2.67 bits per heavy atom. The van der Waals surface area contributed by atoms with Gasteiger partial charge in [0.2, 0.25) is 0 Å². The molecule has 3 rings (SSSR count). The lowest BCUT2D eigenvalue weighted by molar-refractivity contribution is 0.102.